The highest BCUT2D eigenvalue weighted by atomic mass is 32.2. The van der Waals surface area contributed by atoms with Crippen LogP contribution in [0, 0.1) is 6.92 Å². The number of rotatable bonds is 8. The van der Waals surface area contributed by atoms with Crippen molar-refractivity contribution in [3.63, 3.8) is 0 Å². The van der Waals surface area contributed by atoms with Crippen LogP contribution < -0.4 is 16.0 Å². The fourth-order valence-corrected chi connectivity index (χ4v) is 5.12. The lowest BCUT2D eigenvalue weighted by molar-refractivity contribution is -0.118. The van der Waals surface area contributed by atoms with Crippen molar-refractivity contribution in [3.8, 4) is 0 Å². The molecule has 3 amide bonds. The van der Waals surface area contributed by atoms with Gasteiger partial charge in [-0.3, -0.25) is 4.79 Å². The monoisotopic (exact) mass is 476 g/mol. The van der Waals surface area contributed by atoms with Crippen molar-refractivity contribution in [1.82, 2.24) is 10.3 Å². The lowest BCUT2D eigenvalue weighted by atomic mass is 10.2. The van der Waals surface area contributed by atoms with Crippen molar-refractivity contribution < 1.29 is 9.59 Å². The van der Waals surface area contributed by atoms with Crippen molar-refractivity contribution in [2.75, 3.05) is 16.4 Å². The molecule has 0 atom stereocenters. The minimum atomic E-state index is -0.312. The molecule has 0 saturated carbocycles. The molecule has 4 aromatic rings. The Balaban J connectivity index is 1.21. The van der Waals surface area contributed by atoms with Gasteiger partial charge in [-0.05, 0) is 54.4 Å². The van der Waals surface area contributed by atoms with E-state index in [-0.39, 0.29) is 11.9 Å². The third-order valence-corrected chi connectivity index (χ3v) is 6.91. The maximum atomic E-state index is 12.3. The summed E-state index contributed by atoms with van der Waals surface area (Å²) in [6.45, 7) is 2.37. The molecule has 0 spiro atoms. The van der Waals surface area contributed by atoms with Crippen molar-refractivity contribution in [3.05, 3.63) is 88.9 Å². The number of fused-ring (bicyclic) bond motifs is 1. The molecule has 3 aromatic carbocycles. The Bertz CT molecular complexity index is 1240. The molecule has 8 heteroatoms. The SMILES string of the molecule is Cc1cccc(NC(=O)Nc2cccc(CNC(=O)CSCc3nc4ccccc4s3)c2)c1. The molecule has 1 heterocycles. The molecule has 33 heavy (non-hydrogen) atoms. The molecule has 0 saturated heterocycles. The normalized spacial score (nSPS) is 10.7. The van der Waals surface area contributed by atoms with Crippen LogP contribution in [0.1, 0.15) is 16.1 Å². The molecule has 6 nitrogen and oxygen atoms in total. The molecular weight excluding hydrogens is 452 g/mol. The van der Waals surface area contributed by atoms with E-state index >= 15 is 0 Å². The van der Waals surface area contributed by atoms with E-state index in [9.17, 15) is 9.59 Å². The Morgan fingerprint density at radius 1 is 0.939 bits per heavy atom. The van der Waals surface area contributed by atoms with E-state index in [1.165, 1.54) is 4.70 Å². The average molecular weight is 477 g/mol. The zero-order valence-electron chi connectivity index (χ0n) is 18.1. The Hall–Kier alpha value is -3.36. The van der Waals surface area contributed by atoms with Crippen LogP contribution in [-0.2, 0) is 17.1 Å². The van der Waals surface area contributed by atoms with Gasteiger partial charge in [0.15, 0.2) is 0 Å². The van der Waals surface area contributed by atoms with Gasteiger partial charge < -0.3 is 16.0 Å². The van der Waals surface area contributed by atoms with E-state index in [2.05, 4.69) is 27.0 Å². The second kappa shape index (κ2) is 11.0. The molecule has 168 valence electrons. The van der Waals surface area contributed by atoms with E-state index in [4.69, 9.17) is 0 Å². The summed E-state index contributed by atoms with van der Waals surface area (Å²) in [5, 5.41) is 9.61. The maximum Gasteiger partial charge on any atom is 0.323 e. The zero-order valence-corrected chi connectivity index (χ0v) is 19.8. The van der Waals surface area contributed by atoms with Gasteiger partial charge in [0.2, 0.25) is 5.91 Å². The number of hydrogen-bond donors (Lipinski definition) is 3. The van der Waals surface area contributed by atoms with Crippen LogP contribution >= 0.6 is 23.1 Å². The average Bonchev–Trinajstić information content (AvgIpc) is 3.21. The number of anilines is 2. The number of carbonyl (C=O) groups is 2. The Morgan fingerprint density at radius 3 is 2.48 bits per heavy atom. The van der Waals surface area contributed by atoms with Gasteiger partial charge in [0.1, 0.15) is 5.01 Å². The number of nitrogens with zero attached hydrogens (tertiary/aromatic N) is 1. The predicted molar refractivity (Wildman–Crippen MR) is 138 cm³/mol. The van der Waals surface area contributed by atoms with Crippen molar-refractivity contribution in [2.24, 2.45) is 0 Å². The Kier molecular flexibility index (Phi) is 7.59. The molecule has 0 aliphatic carbocycles. The van der Waals surface area contributed by atoms with Crippen LogP contribution in [0.2, 0.25) is 0 Å². The van der Waals surface area contributed by atoms with Crippen LogP contribution in [0.4, 0.5) is 16.2 Å². The standard InChI is InChI=1S/C25H24N4O2S2/c1-17-6-4-8-19(12-17)27-25(31)28-20-9-5-7-18(13-20)14-26-23(30)15-32-16-24-29-21-10-2-3-11-22(21)33-24/h2-13H,14-16H2,1H3,(H,26,30)(H2,27,28,31). The molecule has 3 N–H and O–H groups in total. The van der Waals surface area contributed by atoms with E-state index in [1.807, 2.05) is 73.7 Å². The highest BCUT2D eigenvalue weighted by molar-refractivity contribution is 7.99. The summed E-state index contributed by atoms with van der Waals surface area (Å²) in [6, 6.07) is 22.8. The molecule has 0 aliphatic rings. The van der Waals surface area contributed by atoms with E-state index in [0.717, 1.165) is 27.3 Å². The number of thioether (sulfide) groups is 1. The van der Waals surface area contributed by atoms with E-state index < -0.39 is 0 Å². The molecule has 0 unspecified atom stereocenters. The smallest absolute Gasteiger partial charge is 0.323 e. The zero-order chi connectivity index (χ0) is 23.0. The summed E-state index contributed by atoms with van der Waals surface area (Å²) < 4.78 is 1.17. The summed E-state index contributed by atoms with van der Waals surface area (Å²) in [7, 11) is 0. The van der Waals surface area contributed by atoms with Crippen molar-refractivity contribution in [2.45, 2.75) is 19.2 Å². The third-order valence-electron chi connectivity index (χ3n) is 4.75. The Morgan fingerprint density at radius 2 is 1.70 bits per heavy atom. The second-order valence-electron chi connectivity index (χ2n) is 7.49. The van der Waals surface area contributed by atoms with Crippen LogP contribution in [0.3, 0.4) is 0 Å². The highest BCUT2D eigenvalue weighted by Crippen LogP contribution is 2.24. The summed E-state index contributed by atoms with van der Waals surface area (Å²) >= 11 is 3.21. The molecule has 0 bridgehead atoms. The summed E-state index contributed by atoms with van der Waals surface area (Å²) in [5.41, 5.74) is 4.39. The number of aromatic nitrogens is 1. The van der Waals surface area contributed by atoms with Gasteiger partial charge in [-0.2, -0.15) is 0 Å². The van der Waals surface area contributed by atoms with Gasteiger partial charge in [0.25, 0.3) is 0 Å². The van der Waals surface area contributed by atoms with Gasteiger partial charge in [-0.15, -0.1) is 23.1 Å². The van der Waals surface area contributed by atoms with Crippen LogP contribution in [-0.4, -0.2) is 22.7 Å². The minimum absolute atomic E-state index is 0.0309. The number of hydrogen-bond acceptors (Lipinski definition) is 5. The van der Waals surface area contributed by atoms with Gasteiger partial charge in [-0.25, -0.2) is 9.78 Å². The molecular formula is C25H24N4O2S2. The third kappa shape index (κ3) is 6.81. The summed E-state index contributed by atoms with van der Waals surface area (Å²) in [5.74, 6) is 1.05. The number of aryl methyl sites for hydroxylation is 1. The topological polar surface area (TPSA) is 83.1 Å². The number of benzene rings is 3. The highest BCUT2D eigenvalue weighted by Gasteiger charge is 2.07. The first-order valence-electron chi connectivity index (χ1n) is 10.5. The van der Waals surface area contributed by atoms with Gasteiger partial charge in [0, 0.05) is 23.7 Å². The number of amides is 3. The fraction of sp³-hybridized carbons (Fsp3) is 0.160. The van der Waals surface area contributed by atoms with Crippen molar-refractivity contribution in [1.29, 1.82) is 0 Å². The van der Waals surface area contributed by atoms with Crippen LogP contribution in [0.25, 0.3) is 10.2 Å². The molecule has 0 aliphatic heterocycles. The van der Waals surface area contributed by atoms with Crippen LogP contribution in [0.15, 0.2) is 72.8 Å². The first kappa shape index (κ1) is 22.8. The minimum Gasteiger partial charge on any atom is -0.351 e. The molecule has 0 radical (unpaired) electrons. The predicted octanol–water partition coefficient (Wildman–Crippen LogP) is 5.80. The first-order chi connectivity index (χ1) is 16.0. The Labute approximate surface area is 200 Å². The maximum absolute atomic E-state index is 12.3. The van der Waals surface area contributed by atoms with Gasteiger partial charge >= 0.3 is 6.03 Å². The fourth-order valence-electron chi connectivity index (χ4n) is 3.24. The summed E-state index contributed by atoms with van der Waals surface area (Å²) in [4.78, 5) is 29.1. The van der Waals surface area contributed by atoms with Crippen LogP contribution in [0.5, 0.6) is 0 Å². The lowest BCUT2D eigenvalue weighted by Crippen LogP contribution is -2.24. The second-order valence-corrected chi connectivity index (χ2v) is 9.59. The summed E-state index contributed by atoms with van der Waals surface area (Å²) in [6.07, 6.45) is 0. The number of urea groups is 1. The van der Waals surface area contributed by atoms with Gasteiger partial charge in [-0.1, -0.05) is 36.4 Å². The molecule has 1 aromatic heterocycles. The van der Waals surface area contributed by atoms with E-state index in [0.29, 0.717) is 23.7 Å². The number of para-hydroxylation sites is 1. The number of nitrogens with one attached hydrogen (secondary N) is 3. The number of thiazole rings is 1. The van der Waals surface area contributed by atoms with Crippen molar-refractivity contribution >= 4 is 56.6 Å². The molecule has 0 fully saturated rings. The first-order valence-corrected chi connectivity index (χ1v) is 12.4. The largest absolute Gasteiger partial charge is 0.351 e. The molecule has 4 rings (SSSR count). The quantitative estimate of drug-likeness (QED) is 0.300. The van der Waals surface area contributed by atoms with E-state index in [1.54, 1.807) is 23.1 Å². The lowest BCUT2D eigenvalue weighted by Gasteiger charge is -2.10. The number of carbonyl (C=O) groups excluding carboxylic acids is 2. The van der Waals surface area contributed by atoms with Gasteiger partial charge in [0.05, 0.1) is 16.0 Å².